The number of halogens is 3. The van der Waals surface area contributed by atoms with Gasteiger partial charge in [0.2, 0.25) is 5.82 Å². The molecule has 184 valence electrons. The van der Waals surface area contributed by atoms with Gasteiger partial charge in [-0.25, -0.2) is 9.79 Å². The van der Waals surface area contributed by atoms with Crippen LogP contribution in [0, 0.1) is 0 Å². The van der Waals surface area contributed by atoms with Gasteiger partial charge in [-0.1, -0.05) is 5.16 Å². The summed E-state index contributed by atoms with van der Waals surface area (Å²) in [5, 5.41) is 3.63. The summed E-state index contributed by atoms with van der Waals surface area (Å²) in [6.45, 7) is 0. The van der Waals surface area contributed by atoms with E-state index in [2.05, 4.69) is 29.4 Å². The molecule has 1 aromatic heterocycles. The van der Waals surface area contributed by atoms with E-state index in [1.165, 1.54) is 45.2 Å². The van der Waals surface area contributed by atoms with Gasteiger partial charge in [-0.15, -0.1) is 11.8 Å². The molecule has 0 atom stereocenters. The second kappa shape index (κ2) is 11.0. The molecule has 0 aliphatic carbocycles. The van der Waals surface area contributed by atoms with Gasteiger partial charge in [0.1, 0.15) is 10.8 Å². The number of aliphatic imine (C=N–C) groups is 2. The Morgan fingerprint density at radius 2 is 1.71 bits per heavy atom. The number of hydrogen-bond acceptors (Lipinski definition) is 9. The van der Waals surface area contributed by atoms with Crippen LogP contribution in [0.2, 0.25) is 0 Å². The molecule has 0 bridgehead atoms. The fourth-order valence-corrected chi connectivity index (χ4v) is 3.34. The minimum absolute atomic E-state index is 0.218. The Hall–Kier alpha value is -3.87. The van der Waals surface area contributed by atoms with E-state index in [9.17, 15) is 18.0 Å². The molecular weight excluding hydrogens is 489 g/mol. The van der Waals surface area contributed by atoms with Gasteiger partial charge in [0, 0.05) is 11.1 Å². The van der Waals surface area contributed by atoms with Crippen molar-refractivity contribution in [3.63, 3.8) is 0 Å². The molecule has 0 N–H and O–H groups in total. The number of ether oxygens (including phenoxy) is 3. The number of carbonyl (C=O) groups is 1. The Bertz CT molecular complexity index is 1260. The maximum Gasteiger partial charge on any atom is 0.471 e. The Morgan fingerprint density at radius 3 is 2.26 bits per heavy atom. The van der Waals surface area contributed by atoms with Crippen LogP contribution >= 0.6 is 11.8 Å². The fraction of sp³-hybridized carbons (Fsp3) is 0.227. The lowest BCUT2D eigenvalue weighted by atomic mass is 10.1. The van der Waals surface area contributed by atoms with E-state index >= 15 is 0 Å². The lowest BCUT2D eigenvalue weighted by molar-refractivity contribution is -0.159. The summed E-state index contributed by atoms with van der Waals surface area (Å²) in [7, 11) is 4.19. The Balaban J connectivity index is 2.05. The highest BCUT2D eigenvalue weighted by Gasteiger charge is 2.38. The van der Waals surface area contributed by atoms with Gasteiger partial charge in [-0.2, -0.15) is 23.1 Å². The Labute approximate surface area is 202 Å². The molecule has 0 fully saturated rings. The van der Waals surface area contributed by atoms with Crippen molar-refractivity contribution in [1.29, 1.82) is 0 Å². The quantitative estimate of drug-likeness (QED) is 0.321. The van der Waals surface area contributed by atoms with Gasteiger partial charge >= 0.3 is 18.2 Å². The molecule has 0 unspecified atom stereocenters. The van der Waals surface area contributed by atoms with Crippen LogP contribution in [0.15, 0.2) is 57.0 Å². The van der Waals surface area contributed by atoms with E-state index in [0.717, 1.165) is 0 Å². The van der Waals surface area contributed by atoms with Crippen LogP contribution in [0.1, 0.15) is 11.5 Å². The van der Waals surface area contributed by atoms with E-state index < -0.39 is 18.2 Å². The number of nitrogens with zero attached hydrogens (tertiary/aromatic N) is 4. The van der Waals surface area contributed by atoms with Crippen LogP contribution in [0.4, 0.5) is 23.7 Å². The van der Waals surface area contributed by atoms with Crippen LogP contribution in [0.5, 0.6) is 11.5 Å². The van der Waals surface area contributed by atoms with E-state index in [1.807, 2.05) is 0 Å². The predicted octanol–water partition coefficient (Wildman–Crippen LogP) is 5.42. The highest BCUT2D eigenvalue weighted by atomic mass is 32.2. The number of hydrogen-bond donors (Lipinski definition) is 0. The second-order valence-electron chi connectivity index (χ2n) is 6.59. The van der Waals surface area contributed by atoms with Crippen molar-refractivity contribution in [2.24, 2.45) is 9.98 Å². The van der Waals surface area contributed by atoms with Crippen molar-refractivity contribution >= 4 is 34.3 Å². The molecule has 35 heavy (non-hydrogen) atoms. The summed E-state index contributed by atoms with van der Waals surface area (Å²) >= 11 is 1.17. The SMILES string of the molecule is COC(=O)/N=C(SC)/C(=N/c1ccc(-c2noc(C(F)(F)F)n2)cc1)c1ccc(OC)c(OC)c1. The van der Waals surface area contributed by atoms with Gasteiger partial charge in [-0.05, 0) is 48.7 Å². The third-order valence-electron chi connectivity index (χ3n) is 4.46. The normalized spacial score (nSPS) is 12.4. The Morgan fingerprint density at radius 1 is 1.03 bits per heavy atom. The number of amides is 1. The molecule has 9 nitrogen and oxygen atoms in total. The first kappa shape index (κ1) is 25.7. The minimum Gasteiger partial charge on any atom is -0.493 e. The minimum atomic E-state index is -4.74. The average molecular weight is 508 g/mol. The zero-order chi connectivity index (χ0) is 25.6. The van der Waals surface area contributed by atoms with Crippen LogP contribution < -0.4 is 9.47 Å². The number of methoxy groups -OCH3 is 3. The van der Waals surface area contributed by atoms with Crippen LogP contribution in [0.3, 0.4) is 0 Å². The van der Waals surface area contributed by atoms with Crippen LogP contribution in [-0.4, -0.2) is 54.6 Å². The molecule has 2 aromatic carbocycles. The van der Waals surface area contributed by atoms with E-state index in [1.54, 1.807) is 36.6 Å². The fourth-order valence-electron chi connectivity index (χ4n) is 2.81. The van der Waals surface area contributed by atoms with Crippen molar-refractivity contribution in [2.75, 3.05) is 27.6 Å². The maximum atomic E-state index is 12.7. The number of alkyl halides is 3. The van der Waals surface area contributed by atoms with Crippen molar-refractivity contribution in [1.82, 2.24) is 10.1 Å². The molecule has 1 heterocycles. The lowest BCUT2D eigenvalue weighted by Crippen LogP contribution is -2.14. The molecule has 3 rings (SSSR count). The molecule has 3 aromatic rings. The van der Waals surface area contributed by atoms with Gasteiger partial charge in [0.05, 0.1) is 27.0 Å². The number of thioether (sulfide) groups is 1. The van der Waals surface area contributed by atoms with Crippen molar-refractivity contribution in [3.8, 4) is 22.9 Å². The largest absolute Gasteiger partial charge is 0.493 e. The van der Waals surface area contributed by atoms with E-state index in [0.29, 0.717) is 34.0 Å². The Kier molecular flexibility index (Phi) is 8.12. The predicted molar refractivity (Wildman–Crippen MR) is 124 cm³/mol. The molecular formula is C22H19F3N4O5S. The molecule has 1 amide bonds. The van der Waals surface area contributed by atoms with Gasteiger partial charge in [-0.3, -0.25) is 0 Å². The van der Waals surface area contributed by atoms with Crippen molar-refractivity contribution in [3.05, 3.63) is 53.9 Å². The summed E-state index contributed by atoms with van der Waals surface area (Å²) in [5.74, 6) is -0.725. The van der Waals surface area contributed by atoms with Crippen molar-refractivity contribution < 1.29 is 36.7 Å². The zero-order valence-corrected chi connectivity index (χ0v) is 19.7. The molecule has 0 saturated carbocycles. The monoisotopic (exact) mass is 508 g/mol. The highest BCUT2D eigenvalue weighted by Crippen LogP contribution is 2.31. The topological polar surface area (TPSA) is 108 Å². The van der Waals surface area contributed by atoms with E-state index in [-0.39, 0.29) is 10.9 Å². The smallest absolute Gasteiger partial charge is 0.471 e. The molecule has 0 aliphatic rings. The van der Waals surface area contributed by atoms with Crippen LogP contribution in [0.25, 0.3) is 11.4 Å². The lowest BCUT2D eigenvalue weighted by Gasteiger charge is -2.12. The number of aromatic nitrogens is 2. The number of carbonyl (C=O) groups excluding carboxylic acids is 1. The first-order valence-electron chi connectivity index (χ1n) is 9.73. The molecule has 0 saturated heterocycles. The first-order valence-corrected chi connectivity index (χ1v) is 11.0. The number of rotatable bonds is 6. The summed E-state index contributed by atoms with van der Waals surface area (Å²) in [5.41, 5.74) is 1.61. The molecule has 13 heteroatoms. The third-order valence-corrected chi connectivity index (χ3v) is 5.13. The summed E-state index contributed by atoms with van der Waals surface area (Å²) in [6.07, 6.45) is -3.83. The van der Waals surface area contributed by atoms with Gasteiger partial charge < -0.3 is 18.7 Å². The molecule has 0 aliphatic heterocycles. The van der Waals surface area contributed by atoms with Crippen molar-refractivity contribution in [2.45, 2.75) is 6.18 Å². The van der Waals surface area contributed by atoms with Gasteiger partial charge in [0.15, 0.2) is 11.5 Å². The molecule has 0 radical (unpaired) electrons. The maximum absolute atomic E-state index is 12.7. The second-order valence-corrected chi connectivity index (χ2v) is 7.38. The third kappa shape index (κ3) is 6.18. The number of benzene rings is 2. The average Bonchev–Trinajstić information content (AvgIpc) is 3.37. The van der Waals surface area contributed by atoms with Crippen LogP contribution in [-0.2, 0) is 10.9 Å². The summed E-state index contributed by atoms with van der Waals surface area (Å²) < 4.78 is 57.8. The standard InChI is InChI=1S/C22H19F3N4O5S/c1-31-15-10-7-13(11-16(15)32-2)17(19(35-4)28-21(30)33-3)26-14-8-5-12(6-9-14)18-27-20(34-29-18)22(23,24)25/h5-11H,1-4H3/b26-17+,28-19-. The summed E-state index contributed by atoms with van der Waals surface area (Å²) in [4.78, 5) is 23.8. The first-order chi connectivity index (χ1) is 16.7. The molecule has 0 spiro atoms. The highest BCUT2D eigenvalue weighted by molar-refractivity contribution is 8.15. The zero-order valence-electron chi connectivity index (χ0n) is 18.9. The van der Waals surface area contributed by atoms with Gasteiger partial charge in [0.25, 0.3) is 0 Å². The van der Waals surface area contributed by atoms with E-state index in [4.69, 9.17) is 9.47 Å². The summed E-state index contributed by atoms with van der Waals surface area (Å²) in [6, 6.07) is 11.2.